The van der Waals surface area contributed by atoms with Crippen molar-refractivity contribution < 1.29 is 4.79 Å². The molecule has 1 aliphatic heterocycles. The molecule has 1 amide bonds. The Bertz CT molecular complexity index is 617. The molecule has 2 aromatic heterocycles. The second kappa shape index (κ2) is 5.65. The first kappa shape index (κ1) is 13.8. The molecule has 3 rings (SSSR count). The summed E-state index contributed by atoms with van der Waals surface area (Å²) in [6.45, 7) is 3.50. The van der Waals surface area contributed by atoms with Crippen LogP contribution in [0.2, 0.25) is 0 Å². The predicted molar refractivity (Wildman–Crippen MR) is 79.9 cm³/mol. The molecule has 0 unspecified atom stereocenters. The first-order valence-corrected chi connectivity index (χ1v) is 7.16. The Morgan fingerprint density at radius 3 is 2.81 bits per heavy atom. The minimum atomic E-state index is -0.628. The van der Waals surface area contributed by atoms with Crippen LogP contribution in [0.3, 0.4) is 0 Å². The minimum absolute atomic E-state index is 0.0243. The summed E-state index contributed by atoms with van der Waals surface area (Å²) in [5.74, 6) is -0.0243. The number of amides is 1. The molecule has 2 N–H and O–H groups in total. The summed E-state index contributed by atoms with van der Waals surface area (Å²) in [4.78, 5) is 17.1. The lowest BCUT2D eigenvalue weighted by atomic mass is 9.87. The highest BCUT2D eigenvalue weighted by Crippen LogP contribution is 2.29. The quantitative estimate of drug-likeness (QED) is 0.892. The molecule has 6 heteroatoms. The van der Waals surface area contributed by atoms with Gasteiger partial charge in [-0.15, -0.1) is 0 Å². The van der Waals surface area contributed by atoms with E-state index >= 15 is 0 Å². The molecule has 0 aliphatic carbocycles. The van der Waals surface area contributed by atoms with Crippen molar-refractivity contribution in [3.05, 3.63) is 42.5 Å². The van der Waals surface area contributed by atoms with Gasteiger partial charge in [0.1, 0.15) is 5.54 Å². The Kier molecular flexibility index (Phi) is 3.70. The number of nitrogens with zero attached hydrogens (tertiary/aromatic N) is 3. The van der Waals surface area contributed by atoms with Gasteiger partial charge in [0.25, 0.3) is 5.91 Å². The number of carbonyl (C=O) groups is 1. The molecule has 1 fully saturated rings. The fraction of sp³-hybridized carbons (Fsp3) is 0.400. The van der Waals surface area contributed by atoms with Gasteiger partial charge in [0.05, 0.1) is 11.4 Å². The van der Waals surface area contributed by atoms with Gasteiger partial charge in [-0.3, -0.25) is 14.5 Å². The van der Waals surface area contributed by atoms with Gasteiger partial charge in [-0.2, -0.15) is 5.10 Å². The normalized spacial score (nSPS) is 17.4. The van der Waals surface area contributed by atoms with E-state index in [1.165, 1.54) is 0 Å². The van der Waals surface area contributed by atoms with Crippen LogP contribution < -0.4 is 10.6 Å². The Labute approximate surface area is 123 Å². The summed E-state index contributed by atoms with van der Waals surface area (Å²) in [5, 5.41) is 10.6. The van der Waals surface area contributed by atoms with Crippen LogP contribution in [-0.2, 0) is 10.3 Å². The van der Waals surface area contributed by atoms with Crippen molar-refractivity contribution >= 4 is 11.6 Å². The number of hydrogen-bond donors (Lipinski definition) is 2. The van der Waals surface area contributed by atoms with Crippen molar-refractivity contribution in [2.45, 2.75) is 25.3 Å². The summed E-state index contributed by atoms with van der Waals surface area (Å²) in [6, 6.07) is 5.55. The van der Waals surface area contributed by atoms with E-state index in [0.29, 0.717) is 0 Å². The van der Waals surface area contributed by atoms with Crippen LogP contribution in [0, 0.1) is 6.92 Å². The fourth-order valence-corrected chi connectivity index (χ4v) is 2.78. The zero-order valence-electron chi connectivity index (χ0n) is 12.0. The first-order chi connectivity index (χ1) is 10.2. The van der Waals surface area contributed by atoms with E-state index < -0.39 is 5.54 Å². The van der Waals surface area contributed by atoms with Crippen LogP contribution in [0.25, 0.3) is 0 Å². The Morgan fingerprint density at radius 1 is 1.33 bits per heavy atom. The summed E-state index contributed by atoms with van der Waals surface area (Å²) in [6.07, 6.45) is 6.74. The molecule has 110 valence electrons. The van der Waals surface area contributed by atoms with Crippen molar-refractivity contribution in [1.29, 1.82) is 0 Å². The highest BCUT2D eigenvalue weighted by molar-refractivity contribution is 5.97. The van der Waals surface area contributed by atoms with Crippen LogP contribution in [0.1, 0.15) is 18.5 Å². The maximum atomic E-state index is 12.9. The number of aromatic nitrogens is 3. The SMILES string of the molecule is Cc1ncccc1NC(=O)C1(n2cccn2)CCNCC1. The zero-order chi connectivity index (χ0) is 14.7. The zero-order valence-corrected chi connectivity index (χ0v) is 12.0. The van der Waals surface area contributed by atoms with E-state index in [2.05, 4.69) is 20.7 Å². The third kappa shape index (κ3) is 2.54. The van der Waals surface area contributed by atoms with E-state index in [1.54, 1.807) is 17.1 Å². The van der Waals surface area contributed by atoms with Gasteiger partial charge in [0.2, 0.25) is 0 Å². The smallest absolute Gasteiger partial charge is 0.252 e. The molecule has 3 heterocycles. The number of nitrogens with one attached hydrogen (secondary N) is 2. The number of pyridine rings is 1. The molecular formula is C15H19N5O. The highest BCUT2D eigenvalue weighted by Gasteiger charge is 2.42. The van der Waals surface area contributed by atoms with E-state index in [0.717, 1.165) is 37.3 Å². The Hall–Kier alpha value is -2.21. The molecule has 1 saturated heterocycles. The average molecular weight is 285 g/mol. The number of carbonyl (C=O) groups excluding carboxylic acids is 1. The first-order valence-electron chi connectivity index (χ1n) is 7.16. The molecule has 21 heavy (non-hydrogen) atoms. The van der Waals surface area contributed by atoms with E-state index in [-0.39, 0.29) is 5.91 Å². The van der Waals surface area contributed by atoms with Crippen molar-refractivity contribution in [3.63, 3.8) is 0 Å². The second-order valence-electron chi connectivity index (χ2n) is 5.32. The number of rotatable bonds is 3. The fourth-order valence-electron chi connectivity index (χ4n) is 2.78. The lowest BCUT2D eigenvalue weighted by molar-refractivity contribution is -0.126. The third-order valence-corrected chi connectivity index (χ3v) is 4.05. The molecule has 0 aromatic carbocycles. The second-order valence-corrected chi connectivity index (χ2v) is 5.32. The molecular weight excluding hydrogens is 266 g/mol. The van der Waals surface area contributed by atoms with E-state index in [1.807, 2.05) is 31.3 Å². The Balaban J connectivity index is 1.90. The van der Waals surface area contributed by atoms with Crippen LogP contribution in [0.4, 0.5) is 5.69 Å². The maximum absolute atomic E-state index is 12.9. The monoisotopic (exact) mass is 285 g/mol. The summed E-state index contributed by atoms with van der Waals surface area (Å²) >= 11 is 0. The van der Waals surface area contributed by atoms with Crippen LogP contribution in [0.15, 0.2) is 36.8 Å². The topological polar surface area (TPSA) is 71.8 Å². The summed E-state index contributed by atoms with van der Waals surface area (Å²) in [5.41, 5.74) is 0.944. The lowest BCUT2D eigenvalue weighted by Gasteiger charge is -2.36. The van der Waals surface area contributed by atoms with E-state index in [4.69, 9.17) is 0 Å². The van der Waals surface area contributed by atoms with Crippen molar-refractivity contribution in [2.75, 3.05) is 18.4 Å². The molecule has 0 radical (unpaired) electrons. The van der Waals surface area contributed by atoms with Gasteiger partial charge < -0.3 is 10.6 Å². The van der Waals surface area contributed by atoms with Crippen LogP contribution >= 0.6 is 0 Å². The van der Waals surface area contributed by atoms with Gasteiger partial charge in [-0.05, 0) is 51.1 Å². The predicted octanol–water partition coefficient (Wildman–Crippen LogP) is 1.30. The average Bonchev–Trinajstić information content (AvgIpc) is 3.05. The van der Waals surface area contributed by atoms with Gasteiger partial charge in [-0.1, -0.05) is 0 Å². The molecule has 2 aromatic rings. The minimum Gasteiger partial charge on any atom is -0.322 e. The van der Waals surface area contributed by atoms with Gasteiger partial charge in [0.15, 0.2) is 0 Å². The standard InChI is InChI=1S/C15H19N5O/c1-12-13(4-2-7-17-12)19-14(21)15(5-9-16-10-6-15)20-11-3-8-18-20/h2-4,7-8,11,16H,5-6,9-10H2,1H3,(H,19,21). The molecule has 0 atom stereocenters. The number of aryl methyl sites for hydroxylation is 1. The molecule has 1 aliphatic rings. The molecule has 6 nitrogen and oxygen atoms in total. The molecule has 0 saturated carbocycles. The van der Waals surface area contributed by atoms with Crippen LogP contribution in [0.5, 0.6) is 0 Å². The number of hydrogen-bond acceptors (Lipinski definition) is 4. The van der Waals surface area contributed by atoms with Crippen LogP contribution in [-0.4, -0.2) is 33.8 Å². The maximum Gasteiger partial charge on any atom is 0.252 e. The van der Waals surface area contributed by atoms with E-state index in [9.17, 15) is 4.79 Å². The molecule has 0 bridgehead atoms. The number of anilines is 1. The van der Waals surface area contributed by atoms with Gasteiger partial charge in [0, 0.05) is 18.6 Å². The lowest BCUT2D eigenvalue weighted by Crippen LogP contribution is -2.52. The summed E-state index contributed by atoms with van der Waals surface area (Å²) < 4.78 is 1.79. The van der Waals surface area contributed by atoms with Crippen molar-refractivity contribution in [2.24, 2.45) is 0 Å². The third-order valence-electron chi connectivity index (χ3n) is 4.05. The Morgan fingerprint density at radius 2 is 2.14 bits per heavy atom. The summed E-state index contributed by atoms with van der Waals surface area (Å²) in [7, 11) is 0. The van der Waals surface area contributed by atoms with Gasteiger partial charge in [-0.25, -0.2) is 0 Å². The largest absolute Gasteiger partial charge is 0.322 e. The van der Waals surface area contributed by atoms with Crippen molar-refractivity contribution in [3.8, 4) is 0 Å². The number of piperidine rings is 1. The van der Waals surface area contributed by atoms with Gasteiger partial charge >= 0.3 is 0 Å². The van der Waals surface area contributed by atoms with Crippen molar-refractivity contribution in [1.82, 2.24) is 20.1 Å². The highest BCUT2D eigenvalue weighted by atomic mass is 16.2. The molecule has 0 spiro atoms.